The standard InChI is InChI=1S/C7H14N6O/c1-14-4-2-5(10-3-4)6-11-12-7(8)13(6)9/h4-5,10H,2-3,9H2,1H3,(H2,8,12). The molecule has 0 bridgehead atoms. The molecule has 2 atom stereocenters. The molecule has 7 heteroatoms. The second kappa shape index (κ2) is 3.43. The Bertz CT molecular complexity index is 324. The van der Waals surface area contributed by atoms with Crippen molar-refractivity contribution in [3.8, 4) is 0 Å². The fourth-order valence-electron chi connectivity index (χ4n) is 1.63. The number of nitrogens with one attached hydrogen (secondary N) is 1. The second-order valence-electron chi connectivity index (χ2n) is 3.34. The number of aromatic nitrogens is 3. The smallest absolute Gasteiger partial charge is 0.240 e. The summed E-state index contributed by atoms with van der Waals surface area (Å²) in [7, 11) is 1.69. The molecule has 0 radical (unpaired) electrons. The van der Waals surface area contributed by atoms with Crippen molar-refractivity contribution in [2.75, 3.05) is 25.2 Å². The van der Waals surface area contributed by atoms with Crippen LogP contribution in [0.15, 0.2) is 0 Å². The van der Waals surface area contributed by atoms with Gasteiger partial charge in [0.25, 0.3) is 0 Å². The van der Waals surface area contributed by atoms with Crippen LogP contribution in [-0.4, -0.2) is 34.6 Å². The van der Waals surface area contributed by atoms with E-state index in [1.54, 1.807) is 7.11 Å². The van der Waals surface area contributed by atoms with E-state index >= 15 is 0 Å². The Morgan fingerprint density at radius 3 is 2.86 bits per heavy atom. The molecule has 7 nitrogen and oxygen atoms in total. The summed E-state index contributed by atoms with van der Waals surface area (Å²) in [6.45, 7) is 0.800. The zero-order valence-corrected chi connectivity index (χ0v) is 7.97. The van der Waals surface area contributed by atoms with Crippen LogP contribution >= 0.6 is 0 Å². The van der Waals surface area contributed by atoms with Crippen LogP contribution in [-0.2, 0) is 4.74 Å². The summed E-state index contributed by atoms with van der Waals surface area (Å²) in [5.41, 5.74) is 5.48. The maximum atomic E-state index is 5.66. The number of methoxy groups -OCH3 is 1. The Morgan fingerprint density at radius 2 is 2.36 bits per heavy atom. The van der Waals surface area contributed by atoms with Crippen LogP contribution in [0.25, 0.3) is 0 Å². The lowest BCUT2D eigenvalue weighted by atomic mass is 10.2. The van der Waals surface area contributed by atoms with Crippen molar-refractivity contribution in [1.29, 1.82) is 0 Å². The van der Waals surface area contributed by atoms with E-state index < -0.39 is 0 Å². The summed E-state index contributed by atoms with van der Waals surface area (Å²) in [5.74, 6) is 6.53. The molecular formula is C7H14N6O. The van der Waals surface area contributed by atoms with Crippen LogP contribution in [0.5, 0.6) is 0 Å². The van der Waals surface area contributed by atoms with Crippen LogP contribution in [0, 0.1) is 0 Å². The van der Waals surface area contributed by atoms with Gasteiger partial charge >= 0.3 is 0 Å². The monoisotopic (exact) mass is 198 g/mol. The Kier molecular flexibility index (Phi) is 2.26. The minimum absolute atomic E-state index is 0.0785. The number of nitrogens with two attached hydrogens (primary N) is 2. The van der Waals surface area contributed by atoms with Gasteiger partial charge in [-0.2, -0.15) is 0 Å². The lowest BCUT2D eigenvalue weighted by Crippen LogP contribution is -2.23. The SMILES string of the molecule is COC1CNC(c2nnc(N)n2N)C1. The van der Waals surface area contributed by atoms with E-state index in [1.165, 1.54) is 4.68 Å². The number of anilines is 1. The molecule has 1 aromatic rings. The first-order valence-corrected chi connectivity index (χ1v) is 4.44. The molecule has 0 aromatic carbocycles. The normalized spacial score (nSPS) is 26.9. The molecule has 1 aliphatic heterocycles. The summed E-state index contributed by atoms with van der Waals surface area (Å²) < 4.78 is 6.52. The first-order chi connectivity index (χ1) is 6.72. The lowest BCUT2D eigenvalue weighted by molar-refractivity contribution is 0.117. The number of hydrogen-bond acceptors (Lipinski definition) is 6. The topological polar surface area (TPSA) is 104 Å². The molecule has 78 valence electrons. The maximum Gasteiger partial charge on any atom is 0.240 e. The van der Waals surface area contributed by atoms with E-state index in [0.717, 1.165) is 13.0 Å². The van der Waals surface area contributed by atoms with Gasteiger partial charge in [0.15, 0.2) is 5.82 Å². The highest BCUT2D eigenvalue weighted by Gasteiger charge is 2.29. The van der Waals surface area contributed by atoms with Gasteiger partial charge in [-0.25, -0.2) is 4.68 Å². The summed E-state index contributed by atoms with van der Waals surface area (Å²) in [5, 5.41) is 10.9. The van der Waals surface area contributed by atoms with Crippen molar-refractivity contribution in [3.63, 3.8) is 0 Å². The molecule has 2 heterocycles. The Balaban J connectivity index is 2.13. The fraction of sp³-hybridized carbons (Fsp3) is 0.714. The summed E-state index contributed by atoms with van der Waals surface area (Å²) >= 11 is 0. The maximum absolute atomic E-state index is 5.66. The summed E-state index contributed by atoms with van der Waals surface area (Å²) in [6, 6.07) is 0.0785. The summed E-state index contributed by atoms with van der Waals surface area (Å²) in [4.78, 5) is 0. The zero-order valence-electron chi connectivity index (χ0n) is 7.97. The predicted molar refractivity (Wildman–Crippen MR) is 50.7 cm³/mol. The zero-order chi connectivity index (χ0) is 10.1. The highest BCUT2D eigenvalue weighted by atomic mass is 16.5. The third kappa shape index (κ3) is 1.40. The van der Waals surface area contributed by atoms with E-state index in [2.05, 4.69) is 15.5 Å². The molecule has 14 heavy (non-hydrogen) atoms. The fourth-order valence-corrected chi connectivity index (χ4v) is 1.63. The molecular weight excluding hydrogens is 184 g/mol. The summed E-state index contributed by atoms with van der Waals surface area (Å²) in [6.07, 6.45) is 1.05. The third-order valence-electron chi connectivity index (χ3n) is 2.48. The molecule has 1 aliphatic rings. The molecule has 1 aromatic heterocycles. The van der Waals surface area contributed by atoms with Crippen molar-refractivity contribution in [2.45, 2.75) is 18.6 Å². The van der Waals surface area contributed by atoms with Gasteiger partial charge in [0.1, 0.15) is 0 Å². The van der Waals surface area contributed by atoms with Crippen LogP contribution < -0.4 is 16.9 Å². The molecule has 0 aliphatic carbocycles. The van der Waals surface area contributed by atoms with Crippen molar-refractivity contribution in [3.05, 3.63) is 5.82 Å². The molecule has 0 saturated carbocycles. The van der Waals surface area contributed by atoms with Crippen molar-refractivity contribution >= 4 is 5.95 Å². The highest BCUT2D eigenvalue weighted by Crippen LogP contribution is 2.22. The highest BCUT2D eigenvalue weighted by molar-refractivity contribution is 5.19. The van der Waals surface area contributed by atoms with Crippen LogP contribution in [0.2, 0.25) is 0 Å². The van der Waals surface area contributed by atoms with E-state index in [9.17, 15) is 0 Å². The molecule has 0 amide bonds. The average molecular weight is 198 g/mol. The second-order valence-corrected chi connectivity index (χ2v) is 3.34. The average Bonchev–Trinajstić information content (AvgIpc) is 2.75. The van der Waals surface area contributed by atoms with Crippen LogP contribution in [0.1, 0.15) is 18.3 Å². The lowest BCUT2D eigenvalue weighted by Gasteiger charge is -2.08. The number of nitrogen functional groups attached to an aromatic ring is 2. The van der Waals surface area contributed by atoms with Gasteiger partial charge in [-0.05, 0) is 6.42 Å². The molecule has 1 saturated heterocycles. The van der Waals surface area contributed by atoms with E-state index in [-0.39, 0.29) is 18.1 Å². The van der Waals surface area contributed by atoms with Crippen LogP contribution in [0.4, 0.5) is 5.95 Å². The molecule has 5 N–H and O–H groups in total. The van der Waals surface area contributed by atoms with Gasteiger partial charge < -0.3 is 21.6 Å². The van der Waals surface area contributed by atoms with Crippen molar-refractivity contribution in [2.24, 2.45) is 0 Å². The van der Waals surface area contributed by atoms with Gasteiger partial charge in [-0.15, -0.1) is 10.2 Å². The van der Waals surface area contributed by atoms with Crippen molar-refractivity contribution in [1.82, 2.24) is 20.2 Å². The van der Waals surface area contributed by atoms with E-state index in [0.29, 0.717) is 5.82 Å². The molecule has 0 spiro atoms. The largest absolute Gasteiger partial charge is 0.380 e. The van der Waals surface area contributed by atoms with E-state index in [1.807, 2.05) is 0 Å². The third-order valence-corrected chi connectivity index (χ3v) is 2.48. The number of nitrogens with zero attached hydrogens (tertiary/aromatic N) is 3. The Labute approximate surface area is 81.4 Å². The Hall–Kier alpha value is -1.34. The molecule has 2 rings (SSSR count). The van der Waals surface area contributed by atoms with Gasteiger partial charge in [0.05, 0.1) is 12.1 Å². The van der Waals surface area contributed by atoms with E-state index in [4.69, 9.17) is 16.3 Å². The van der Waals surface area contributed by atoms with Gasteiger partial charge in [0, 0.05) is 13.7 Å². The quantitative estimate of drug-likeness (QED) is 0.506. The van der Waals surface area contributed by atoms with Crippen molar-refractivity contribution < 1.29 is 4.74 Å². The van der Waals surface area contributed by atoms with Gasteiger partial charge in [0.2, 0.25) is 5.95 Å². The molecule has 1 fully saturated rings. The number of rotatable bonds is 2. The number of hydrogen-bond donors (Lipinski definition) is 3. The Morgan fingerprint density at radius 1 is 1.57 bits per heavy atom. The van der Waals surface area contributed by atoms with Gasteiger partial charge in [-0.1, -0.05) is 0 Å². The minimum Gasteiger partial charge on any atom is -0.380 e. The number of ether oxygens (including phenoxy) is 1. The predicted octanol–water partition coefficient (Wildman–Crippen LogP) is -1.38. The van der Waals surface area contributed by atoms with Crippen LogP contribution in [0.3, 0.4) is 0 Å². The van der Waals surface area contributed by atoms with Gasteiger partial charge in [-0.3, -0.25) is 0 Å². The first kappa shape index (κ1) is 9.22. The first-order valence-electron chi connectivity index (χ1n) is 4.44. The molecule has 2 unspecified atom stereocenters. The minimum atomic E-state index is 0.0785.